The molecule has 1 aliphatic rings. The predicted octanol–water partition coefficient (Wildman–Crippen LogP) is 5.77. The molecule has 4 aromatic heterocycles. The lowest BCUT2D eigenvalue weighted by molar-refractivity contribution is 0.298. The average Bonchev–Trinajstić information content (AvgIpc) is 3.53. The summed E-state index contributed by atoms with van der Waals surface area (Å²) >= 11 is 0. The largest absolute Gasteiger partial charge is 0.492 e. The smallest absolute Gasteiger partial charge is 0.137 e. The van der Waals surface area contributed by atoms with Gasteiger partial charge in [0.25, 0.3) is 0 Å². The average molecular weight is 428 g/mol. The summed E-state index contributed by atoms with van der Waals surface area (Å²) in [4.78, 5) is 9.77. The van der Waals surface area contributed by atoms with Gasteiger partial charge in [0.05, 0.1) is 29.7 Å². The van der Waals surface area contributed by atoms with Crippen LogP contribution in [0.1, 0.15) is 55.5 Å². The molecule has 0 unspecified atom stereocenters. The van der Waals surface area contributed by atoms with Crippen molar-refractivity contribution < 1.29 is 4.74 Å². The number of hydrogen-bond donors (Lipinski definition) is 0. The molecule has 1 saturated carbocycles. The first kappa shape index (κ1) is 20.5. The molecule has 0 saturated heterocycles. The van der Waals surface area contributed by atoms with Gasteiger partial charge in [0, 0.05) is 36.0 Å². The van der Waals surface area contributed by atoms with E-state index >= 15 is 0 Å². The zero-order valence-electron chi connectivity index (χ0n) is 19.0. The first-order valence-electron chi connectivity index (χ1n) is 11.3. The van der Waals surface area contributed by atoms with Crippen LogP contribution in [0.15, 0.2) is 49.6 Å². The van der Waals surface area contributed by atoms with Crippen LogP contribution in [0.2, 0.25) is 0 Å². The molecule has 164 valence electrons. The molecule has 6 nitrogen and oxygen atoms in total. The quantitative estimate of drug-likeness (QED) is 0.367. The third-order valence-electron chi connectivity index (χ3n) is 6.31. The standard InChI is InChI=1S/C26H29N5O/c1-5-32-18(3)22-13-26-21(12-25(31(26)16-27-22)20-14-28-30(4)15-20)24-11-17(2)10-23(29-24)19-8-6-7-9-19/h10-16,19H,3,5-9H2,1-2,4H3. The van der Waals surface area contributed by atoms with Crippen molar-refractivity contribution in [3.63, 3.8) is 0 Å². The first-order valence-corrected chi connectivity index (χ1v) is 11.3. The molecule has 0 aliphatic heterocycles. The van der Waals surface area contributed by atoms with Gasteiger partial charge in [-0.05, 0) is 56.5 Å². The molecule has 1 aliphatic carbocycles. The number of pyridine rings is 1. The van der Waals surface area contributed by atoms with Gasteiger partial charge in [-0.25, -0.2) is 4.98 Å². The maximum Gasteiger partial charge on any atom is 0.137 e. The predicted molar refractivity (Wildman–Crippen MR) is 127 cm³/mol. The first-order chi connectivity index (χ1) is 15.5. The van der Waals surface area contributed by atoms with Gasteiger partial charge < -0.3 is 4.74 Å². The Labute approximate surface area is 188 Å². The lowest BCUT2D eigenvalue weighted by atomic mass is 10.00. The number of ether oxygens (including phenoxy) is 1. The van der Waals surface area contributed by atoms with Gasteiger partial charge in [-0.15, -0.1) is 0 Å². The minimum Gasteiger partial charge on any atom is -0.492 e. The lowest BCUT2D eigenvalue weighted by Crippen LogP contribution is -2.00. The van der Waals surface area contributed by atoms with E-state index in [1.807, 2.05) is 43.4 Å². The van der Waals surface area contributed by atoms with E-state index in [0.717, 1.165) is 33.7 Å². The Morgan fingerprint density at radius 1 is 1.19 bits per heavy atom. The third kappa shape index (κ3) is 3.70. The Kier molecular flexibility index (Phi) is 5.29. The Morgan fingerprint density at radius 3 is 2.72 bits per heavy atom. The minimum absolute atomic E-state index is 0.560. The van der Waals surface area contributed by atoms with Crippen molar-refractivity contribution in [3.05, 3.63) is 66.5 Å². The molecule has 0 aromatic carbocycles. The molecule has 0 atom stereocenters. The summed E-state index contributed by atoms with van der Waals surface area (Å²) in [6.07, 6.45) is 10.8. The van der Waals surface area contributed by atoms with Gasteiger partial charge >= 0.3 is 0 Å². The number of hydrogen-bond acceptors (Lipinski definition) is 4. The van der Waals surface area contributed by atoms with Gasteiger partial charge in [0.1, 0.15) is 17.8 Å². The van der Waals surface area contributed by atoms with Crippen molar-refractivity contribution in [2.75, 3.05) is 6.61 Å². The minimum atomic E-state index is 0.560. The Balaban J connectivity index is 1.71. The molecular formula is C26H29N5O. The molecule has 6 heteroatoms. The highest BCUT2D eigenvalue weighted by molar-refractivity contribution is 5.86. The van der Waals surface area contributed by atoms with Crippen LogP contribution in [0.3, 0.4) is 0 Å². The monoisotopic (exact) mass is 427 g/mol. The molecule has 0 N–H and O–H groups in total. The van der Waals surface area contributed by atoms with Gasteiger partial charge in [0.2, 0.25) is 0 Å². The van der Waals surface area contributed by atoms with Crippen molar-refractivity contribution >= 4 is 11.3 Å². The molecular weight excluding hydrogens is 398 g/mol. The van der Waals surface area contributed by atoms with Crippen LogP contribution in [0.25, 0.3) is 33.8 Å². The molecule has 4 aromatic rings. The summed E-state index contributed by atoms with van der Waals surface area (Å²) in [5.74, 6) is 1.14. The number of aryl methyl sites for hydroxylation is 2. The summed E-state index contributed by atoms with van der Waals surface area (Å²) in [5.41, 5.74) is 8.38. The van der Waals surface area contributed by atoms with Crippen LogP contribution in [0, 0.1) is 6.92 Å². The summed E-state index contributed by atoms with van der Waals surface area (Å²) in [7, 11) is 1.93. The second-order valence-corrected chi connectivity index (χ2v) is 8.67. The SMILES string of the molecule is C=C(OCC)c1cc2c(-c3cc(C)cc(C4CCCC4)n3)cc(-c3cnn(C)c3)n2cn1. The third-order valence-corrected chi connectivity index (χ3v) is 6.31. The highest BCUT2D eigenvalue weighted by Crippen LogP contribution is 2.37. The van der Waals surface area contributed by atoms with Crippen LogP contribution in [0.4, 0.5) is 0 Å². The van der Waals surface area contributed by atoms with E-state index in [1.54, 1.807) is 0 Å². The van der Waals surface area contributed by atoms with Crippen LogP contribution >= 0.6 is 0 Å². The summed E-state index contributed by atoms with van der Waals surface area (Å²) < 4.78 is 9.55. The maximum atomic E-state index is 5.63. The van der Waals surface area contributed by atoms with E-state index in [9.17, 15) is 0 Å². The zero-order chi connectivity index (χ0) is 22.2. The fourth-order valence-electron chi connectivity index (χ4n) is 4.74. The van der Waals surface area contributed by atoms with Crippen molar-refractivity contribution in [2.45, 2.75) is 45.4 Å². The molecule has 0 amide bonds. The lowest BCUT2D eigenvalue weighted by Gasteiger charge is -2.12. The normalized spacial score (nSPS) is 14.3. The topological polar surface area (TPSA) is 57.2 Å². The van der Waals surface area contributed by atoms with Gasteiger partial charge in [-0.2, -0.15) is 5.10 Å². The number of aromatic nitrogens is 5. The van der Waals surface area contributed by atoms with E-state index in [1.165, 1.54) is 36.9 Å². The molecule has 1 fully saturated rings. The summed E-state index contributed by atoms with van der Waals surface area (Å²) in [6.45, 7) is 8.72. The van der Waals surface area contributed by atoms with Crippen molar-refractivity contribution in [1.29, 1.82) is 0 Å². The van der Waals surface area contributed by atoms with E-state index in [0.29, 0.717) is 18.3 Å². The molecule has 5 rings (SSSR count). The second kappa shape index (κ2) is 8.26. The maximum absolute atomic E-state index is 5.63. The Hall–Kier alpha value is -3.41. The molecule has 32 heavy (non-hydrogen) atoms. The number of rotatable bonds is 6. The van der Waals surface area contributed by atoms with Crippen molar-refractivity contribution in [3.8, 4) is 22.5 Å². The summed E-state index contributed by atoms with van der Waals surface area (Å²) in [5, 5.41) is 4.37. The zero-order valence-corrected chi connectivity index (χ0v) is 19.0. The van der Waals surface area contributed by atoms with E-state index in [4.69, 9.17) is 9.72 Å². The van der Waals surface area contributed by atoms with E-state index in [-0.39, 0.29) is 0 Å². The van der Waals surface area contributed by atoms with Crippen LogP contribution in [-0.4, -0.2) is 30.8 Å². The Morgan fingerprint density at radius 2 is 2.00 bits per heavy atom. The second-order valence-electron chi connectivity index (χ2n) is 8.67. The number of fused-ring (bicyclic) bond motifs is 1. The van der Waals surface area contributed by atoms with Gasteiger partial charge in [-0.3, -0.25) is 14.1 Å². The fourth-order valence-corrected chi connectivity index (χ4v) is 4.74. The fraction of sp³-hybridized carbons (Fsp3) is 0.346. The molecule has 0 radical (unpaired) electrons. The van der Waals surface area contributed by atoms with E-state index in [2.05, 4.69) is 46.2 Å². The molecule has 0 bridgehead atoms. The van der Waals surface area contributed by atoms with Crippen LogP contribution in [0.5, 0.6) is 0 Å². The molecule has 4 heterocycles. The highest BCUT2D eigenvalue weighted by Gasteiger charge is 2.21. The van der Waals surface area contributed by atoms with Crippen LogP contribution in [-0.2, 0) is 11.8 Å². The van der Waals surface area contributed by atoms with Crippen molar-refractivity contribution in [2.24, 2.45) is 7.05 Å². The van der Waals surface area contributed by atoms with Crippen LogP contribution < -0.4 is 0 Å². The Bertz CT molecular complexity index is 1290. The van der Waals surface area contributed by atoms with E-state index < -0.39 is 0 Å². The van der Waals surface area contributed by atoms with Crippen molar-refractivity contribution in [1.82, 2.24) is 24.1 Å². The number of nitrogens with zero attached hydrogens (tertiary/aromatic N) is 5. The van der Waals surface area contributed by atoms with Gasteiger partial charge in [-0.1, -0.05) is 19.4 Å². The highest BCUT2D eigenvalue weighted by atomic mass is 16.5. The molecule has 0 spiro atoms. The van der Waals surface area contributed by atoms with Gasteiger partial charge in [0.15, 0.2) is 0 Å². The summed E-state index contributed by atoms with van der Waals surface area (Å²) in [6, 6.07) is 8.68.